The van der Waals surface area contributed by atoms with Crippen LogP contribution in [0.4, 0.5) is 5.82 Å². The van der Waals surface area contributed by atoms with E-state index in [0.717, 1.165) is 29.1 Å². The van der Waals surface area contributed by atoms with Crippen molar-refractivity contribution in [2.75, 3.05) is 5.32 Å². The fourth-order valence-electron chi connectivity index (χ4n) is 3.32. The molecule has 0 spiro atoms. The van der Waals surface area contributed by atoms with Gasteiger partial charge in [-0.25, -0.2) is 4.68 Å². The Labute approximate surface area is 151 Å². The molecule has 3 aromatic rings. The Bertz CT molecular complexity index is 881. The SMILES string of the molecule is CC1CCc2sc(C(=O)Nc3ccnn3Cc3ccccc3)cc2C1. The zero-order chi connectivity index (χ0) is 17.2. The van der Waals surface area contributed by atoms with Crippen LogP contribution in [0.5, 0.6) is 0 Å². The molecule has 0 aliphatic heterocycles. The van der Waals surface area contributed by atoms with Crippen molar-refractivity contribution in [3.05, 3.63) is 69.5 Å². The van der Waals surface area contributed by atoms with Crippen molar-refractivity contribution in [3.63, 3.8) is 0 Å². The van der Waals surface area contributed by atoms with Crippen LogP contribution in [0.2, 0.25) is 0 Å². The van der Waals surface area contributed by atoms with Crippen LogP contribution in [0.25, 0.3) is 0 Å². The van der Waals surface area contributed by atoms with E-state index < -0.39 is 0 Å². The first kappa shape index (κ1) is 16.1. The molecule has 0 saturated heterocycles. The highest BCUT2D eigenvalue weighted by Crippen LogP contribution is 2.32. The number of fused-ring (bicyclic) bond motifs is 1. The normalized spacial score (nSPS) is 16.4. The molecule has 2 aromatic heterocycles. The van der Waals surface area contributed by atoms with Gasteiger partial charge < -0.3 is 5.32 Å². The van der Waals surface area contributed by atoms with Crippen LogP contribution in [0.1, 0.15) is 39.0 Å². The maximum absolute atomic E-state index is 12.7. The molecule has 1 aliphatic rings. The maximum atomic E-state index is 12.7. The van der Waals surface area contributed by atoms with Gasteiger partial charge in [-0.05, 0) is 42.4 Å². The molecule has 1 N–H and O–H groups in total. The topological polar surface area (TPSA) is 46.9 Å². The van der Waals surface area contributed by atoms with E-state index in [0.29, 0.717) is 12.5 Å². The van der Waals surface area contributed by atoms with Gasteiger partial charge in [0.05, 0.1) is 17.6 Å². The van der Waals surface area contributed by atoms with Crippen molar-refractivity contribution in [3.8, 4) is 0 Å². The zero-order valence-corrected chi connectivity index (χ0v) is 15.1. The standard InChI is InChI=1S/C20H21N3OS/c1-14-7-8-17-16(11-14)12-18(25-17)20(24)22-19-9-10-21-23(19)13-15-5-3-2-4-6-15/h2-6,9-10,12,14H,7-8,11,13H2,1H3,(H,22,24). The first-order valence-corrected chi connectivity index (χ1v) is 9.49. The van der Waals surface area contributed by atoms with Crippen molar-refractivity contribution in [1.29, 1.82) is 0 Å². The molecule has 0 bridgehead atoms. The van der Waals surface area contributed by atoms with Crippen LogP contribution in [0.15, 0.2) is 48.7 Å². The second-order valence-corrected chi connectivity index (χ2v) is 7.86. The van der Waals surface area contributed by atoms with Crippen LogP contribution in [-0.4, -0.2) is 15.7 Å². The fourth-order valence-corrected chi connectivity index (χ4v) is 4.42. The van der Waals surface area contributed by atoms with E-state index >= 15 is 0 Å². The minimum Gasteiger partial charge on any atom is -0.306 e. The van der Waals surface area contributed by atoms with E-state index in [1.807, 2.05) is 28.9 Å². The van der Waals surface area contributed by atoms with Gasteiger partial charge in [0.2, 0.25) is 0 Å². The van der Waals surface area contributed by atoms with Gasteiger partial charge in [0.1, 0.15) is 5.82 Å². The molecule has 0 saturated carbocycles. The molecule has 5 heteroatoms. The number of carbonyl (C=O) groups excluding carboxylic acids is 1. The number of amides is 1. The summed E-state index contributed by atoms with van der Waals surface area (Å²) in [4.78, 5) is 14.8. The summed E-state index contributed by atoms with van der Waals surface area (Å²) >= 11 is 1.64. The highest BCUT2D eigenvalue weighted by molar-refractivity contribution is 7.14. The van der Waals surface area contributed by atoms with Crippen LogP contribution < -0.4 is 5.32 Å². The number of aromatic nitrogens is 2. The number of thiophene rings is 1. The third-order valence-electron chi connectivity index (χ3n) is 4.69. The summed E-state index contributed by atoms with van der Waals surface area (Å²) in [5, 5.41) is 7.36. The number of rotatable bonds is 4. The van der Waals surface area contributed by atoms with Crippen molar-refractivity contribution in [1.82, 2.24) is 9.78 Å². The molecule has 1 amide bonds. The highest BCUT2D eigenvalue weighted by atomic mass is 32.1. The number of aryl methyl sites for hydroxylation is 1. The Kier molecular flexibility index (Phi) is 4.40. The highest BCUT2D eigenvalue weighted by Gasteiger charge is 2.21. The number of nitrogens with zero attached hydrogens (tertiary/aromatic N) is 2. The molecule has 1 unspecified atom stereocenters. The largest absolute Gasteiger partial charge is 0.306 e. The average Bonchev–Trinajstić information content (AvgIpc) is 3.22. The Balaban J connectivity index is 1.49. The zero-order valence-electron chi connectivity index (χ0n) is 14.2. The van der Waals surface area contributed by atoms with Gasteiger partial charge in [-0.1, -0.05) is 37.3 Å². The minimum absolute atomic E-state index is 0.0399. The molecular weight excluding hydrogens is 330 g/mol. The van der Waals surface area contributed by atoms with E-state index in [1.54, 1.807) is 17.5 Å². The van der Waals surface area contributed by atoms with Crippen molar-refractivity contribution >= 4 is 23.1 Å². The monoisotopic (exact) mass is 351 g/mol. The lowest BCUT2D eigenvalue weighted by Crippen LogP contribution is -2.15. The van der Waals surface area contributed by atoms with Gasteiger partial charge in [0.25, 0.3) is 5.91 Å². The Morgan fingerprint density at radius 3 is 3.00 bits per heavy atom. The number of nitrogens with one attached hydrogen (secondary N) is 1. The third kappa shape index (κ3) is 3.51. The van der Waals surface area contributed by atoms with Gasteiger partial charge in [-0.15, -0.1) is 11.3 Å². The van der Waals surface area contributed by atoms with Crippen LogP contribution in [0, 0.1) is 5.92 Å². The van der Waals surface area contributed by atoms with Gasteiger partial charge in [0, 0.05) is 10.9 Å². The number of hydrogen-bond donors (Lipinski definition) is 1. The van der Waals surface area contributed by atoms with Gasteiger partial charge in [-0.2, -0.15) is 5.10 Å². The molecular formula is C20H21N3OS. The van der Waals surface area contributed by atoms with Crippen LogP contribution >= 0.6 is 11.3 Å². The minimum atomic E-state index is -0.0399. The summed E-state index contributed by atoms with van der Waals surface area (Å²) in [6.45, 7) is 2.92. The summed E-state index contributed by atoms with van der Waals surface area (Å²) in [6.07, 6.45) is 5.13. The van der Waals surface area contributed by atoms with Gasteiger partial charge in [0.15, 0.2) is 0 Å². The smallest absolute Gasteiger partial charge is 0.266 e. The van der Waals surface area contributed by atoms with E-state index in [4.69, 9.17) is 0 Å². The van der Waals surface area contributed by atoms with Gasteiger partial charge >= 0.3 is 0 Å². The molecule has 4 rings (SSSR count). The molecule has 1 aromatic carbocycles. The third-order valence-corrected chi connectivity index (χ3v) is 5.92. The van der Waals surface area contributed by atoms with E-state index in [1.165, 1.54) is 16.9 Å². The summed E-state index contributed by atoms with van der Waals surface area (Å²) < 4.78 is 1.82. The summed E-state index contributed by atoms with van der Waals surface area (Å²) in [5.74, 6) is 1.40. The Hall–Kier alpha value is -2.40. The first-order chi connectivity index (χ1) is 12.2. The summed E-state index contributed by atoms with van der Waals surface area (Å²) in [5.41, 5.74) is 2.51. The number of hydrogen-bond acceptors (Lipinski definition) is 3. The molecule has 1 aliphatic carbocycles. The second-order valence-electron chi connectivity index (χ2n) is 6.72. The van der Waals surface area contributed by atoms with Crippen LogP contribution in [0.3, 0.4) is 0 Å². The number of benzene rings is 1. The molecule has 2 heterocycles. The van der Waals surface area contributed by atoms with Crippen molar-refractivity contribution in [2.45, 2.75) is 32.7 Å². The lowest BCUT2D eigenvalue weighted by molar-refractivity contribution is 0.102. The number of carbonyl (C=O) groups is 1. The van der Waals surface area contributed by atoms with E-state index in [2.05, 4.69) is 35.5 Å². The summed E-state index contributed by atoms with van der Waals surface area (Å²) in [6, 6.07) is 14.0. The second kappa shape index (κ2) is 6.84. The van der Waals surface area contributed by atoms with Crippen molar-refractivity contribution in [2.24, 2.45) is 5.92 Å². The molecule has 0 fully saturated rings. The Morgan fingerprint density at radius 1 is 1.32 bits per heavy atom. The Morgan fingerprint density at radius 2 is 2.16 bits per heavy atom. The number of anilines is 1. The maximum Gasteiger partial charge on any atom is 0.266 e. The van der Waals surface area contributed by atoms with Crippen LogP contribution in [-0.2, 0) is 19.4 Å². The molecule has 128 valence electrons. The quantitative estimate of drug-likeness (QED) is 0.759. The van der Waals surface area contributed by atoms with E-state index in [-0.39, 0.29) is 5.91 Å². The summed E-state index contributed by atoms with van der Waals surface area (Å²) in [7, 11) is 0. The molecule has 4 nitrogen and oxygen atoms in total. The predicted molar refractivity (Wildman–Crippen MR) is 101 cm³/mol. The van der Waals surface area contributed by atoms with Crippen molar-refractivity contribution < 1.29 is 4.79 Å². The molecule has 25 heavy (non-hydrogen) atoms. The van der Waals surface area contributed by atoms with E-state index in [9.17, 15) is 4.79 Å². The first-order valence-electron chi connectivity index (χ1n) is 8.67. The molecule has 0 radical (unpaired) electrons. The average molecular weight is 351 g/mol. The predicted octanol–water partition coefficient (Wildman–Crippen LogP) is 4.37. The lowest BCUT2D eigenvalue weighted by Gasteiger charge is -2.16. The molecule has 1 atom stereocenters. The lowest BCUT2D eigenvalue weighted by atomic mass is 9.90. The fraction of sp³-hybridized carbons (Fsp3) is 0.300. The van der Waals surface area contributed by atoms with Gasteiger partial charge in [-0.3, -0.25) is 4.79 Å².